The van der Waals surface area contributed by atoms with Crippen LogP contribution in [0.4, 0.5) is 0 Å². The second-order valence-corrected chi connectivity index (χ2v) is 2.93. The van der Waals surface area contributed by atoms with Crippen LogP contribution in [0.1, 0.15) is 12.0 Å². The van der Waals surface area contributed by atoms with Crippen molar-refractivity contribution in [1.29, 1.82) is 0 Å². The van der Waals surface area contributed by atoms with Crippen LogP contribution in [0.5, 0.6) is 0 Å². The maximum Gasteiger partial charge on any atom is 0.331 e. The number of carboxylic acid groups (broad SMARTS) is 1. The first-order valence-corrected chi connectivity index (χ1v) is 4.33. The summed E-state index contributed by atoms with van der Waals surface area (Å²) in [5, 5.41) is 8.55. The average molecular weight is 211 g/mol. The summed E-state index contributed by atoms with van der Waals surface area (Å²) in [6.45, 7) is 3.43. The van der Waals surface area contributed by atoms with Crippen LogP contribution in [0.15, 0.2) is 48.6 Å². The SMILES string of the molecule is C=C(CC=Cc1ccccc1)C(=O)O.[Na]. The van der Waals surface area contributed by atoms with Gasteiger partial charge < -0.3 is 5.11 Å². The van der Waals surface area contributed by atoms with Gasteiger partial charge in [0, 0.05) is 35.1 Å². The number of benzene rings is 1. The van der Waals surface area contributed by atoms with Crippen molar-refractivity contribution in [3.8, 4) is 0 Å². The zero-order valence-electron chi connectivity index (χ0n) is 8.81. The minimum atomic E-state index is -0.942. The molecule has 15 heavy (non-hydrogen) atoms. The second kappa shape index (κ2) is 7.46. The molecule has 0 heterocycles. The number of hydrogen-bond donors (Lipinski definition) is 1. The molecule has 1 aromatic rings. The molecular formula is C12H12NaO2. The van der Waals surface area contributed by atoms with Crippen LogP contribution < -0.4 is 0 Å². The van der Waals surface area contributed by atoms with E-state index < -0.39 is 5.97 Å². The zero-order valence-corrected chi connectivity index (χ0v) is 10.8. The van der Waals surface area contributed by atoms with Crippen molar-refractivity contribution in [3.63, 3.8) is 0 Å². The molecule has 0 spiro atoms. The summed E-state index contributed by atoms with van der Waals surface area (Å²) >= 11 is 0. The van der Waals surface area contributed by atoms with Gasteiger partial charge >= 0.3 is 5.97 Å². The molecule has 73 valence electrons. The number of allylic oxidation sites excluding steroid dienone is 1. The van der Waals surface area contributed by atoms with Crippen LogP contribution in [0.3, 0.4) is 0 Å². The Morgan fingerprint density at radius 3 is 2.47 bits per heavy atom. The maximum absolute atomic E-state index is 10.4. The minimum absolute atomic E-state index is 0. The fraction of sp³-hybridized carbons (Fsp3) is 0.0833. The van der Waals surface area contributed by atoms with Crippen LogP contribution >= 0.6 is 0 Å². The summed E-state index contributed by atoms with van der Waals surface area (Å²) in [6.07, 6.45) is 4.06. The molecule has 1 radical (unpaired) electrons. The largest absolute Gasteiger partial charge is 0.478 e. The molecule has 1 N–H and O–H groups in total. The summed E-state index contributed by atoms with van der Waals surface area (Å²) in [7, 11) is 0. The van der Waals surface area contributed by atoms with Gasteiger partial charge in [-0.1, -0.05) is 49.1 Å². The number of aliphatic carboxylic acids is 1. The molecule has 0 aromatic heterocycles. The third-order valence-electron chi connectivity index (χ3n) is 1.78. The molecule has 0 unspecified atom stereocenters. The first-order valence-electron chi connectivity index (χ1n) is 4.33. The number of carbonyl (C=O) groups is 1. The van der Waals surface area contributed by atoms with E-state index in [0.29, 0.717) is 6.42 Å². The average Bonchev–Trinajstić information content (AvgIpc) is 2.19. The van der Waals surface area contributed by atoms with Gasteiger partial charge in [-0.25, -0.2) is 4.79 Å². The molecule has 0 aliphatic carbocycles. The summed E-state index contributed by atoms with van der Waals surface area (Å²) in [4.78, 5) is 10.4. The van der Waals surface area contributed by atoms with Gasteiger partial charge in [-0.3, -0.25) is 0 Å². The molecule has 0 fully saturated rings. The molecule has 0 aliphatic rings. The van der Waals surface area contributed by atoms with E-state index in [-0.39, 0.29) is 35.1 Å². The van der Waals surface area contributed by atoms with Crippen molar-refractivity contribution in [2.24, 2.45) is 0 Å². The normalized spacial score (nSPS) is 9.60. The van der Waals surface area contributed by atoms with Crippen LogP contribution in [-0.2, 0) is 4.79 Å². The van der Waals surface area contributed by atoms with E-state index in [4.69, 9.17) is 5.11 Å². The Morgan fingerprint density at radius 1 is 1.33 bits per heavy atom. The fourth-order valence-corrected chi connectivity index (χ4v) is 0.989. The Hall–Kier alpha value is -0.830. The molecule has 0 bridgehead atoms. The van der Waals surface area contributed by atoms with Crippen LogP contribution in [0.25, 0.3) is 6.08 Å². The monoisotopic (exact) mass is 211 g/mol. The summed E-state index contributed by atoms with van der Waals surface area (Å²) < 4.78 is 0. The number of rotatable bonds is 4. The van der Waals surface area contributed by atoms with Gasteiger partial charge in [0.15, 0.2) is 0 Å². The summed E-state index contributed by atoms with van der Waals surface area (Å²) in [5.41, 5.74) is 1.27. The van der Waals surface area contributed by atoms with E-state index >= 15 is 0 Å². The molecule has 0 saturated heterocycles. The van der Waals surface area contributed by atoms with Gasteiger partial charge in [0.25, 0.3) is 0 Å². The van der Waals surface area contributed by atoms with Gasteiger partial charge in [-0.2, -0.15) is 0 Å². The van der Waals surface area contributed by atoms with Crippen molar-refractivity contribution in [2.75, 3.05) is 0 Å². The van der Waals surface area contributed by atoms with Crippen LogP contribution in [-0.4, -0.2) is 40.6 Å². The van der Waals surface area contributed by atoms with E-state index in [1.54, 1.807) is 6.08 Å². The van der Waals surface area contributed by atoms with E-state index in [1.807, 2.05) is 36.4 Å². The maximum atomic E-state index is 10.4. The van der Waals surface area contributed by atoms with Crippen molar-refractivity contribution in [2.45, 2.75) is 6.42 Å². The molecule has 2 nitrogen and oxygen atoms in total. The topological polar surface area (TPSA) is 37.3 Å². The first kappa shape index (κ1) is 14.2. The van der Waals surface area contributed by atoms with Gasteiger partial charge in [0.2, 0.25) is 0 Å². The van der Waals surface area contributed by atoms with Gasteiger partial charge in [0.1, 0.15) is 0 Å². The van der Waals surface area contributed by atoms with Crippen molar-refractivity contribution in [1.82, 2.24) is 0 Å². The second-order valence-electron chi connectivity index (χ2n) is 2.93. The molecule has 0 saturated carbocycles. The Bertz CT molecular complexity index is 355. The Labute approximate surface area is 112 Å². The van der Waals surface area contributed by atoms with E-state index in [1.165, 1.54) is 0 Å². The van der Waals surface area contributed by atoms with Gasteiger partial charge in [0.05, 0.1) is 0 Å². The van der Waals surface area contributed by atoms with Gasteiger partial charge in [-0.15, -0.1) is 0 Å². The molecule has 0 aliphatic heterocycles. The predicted molar refractivity (Wildman–Crippen MR) is 62.6 cm³/mol. The fourth-order valence-electron chi connectivity index (χ4n) is 0.989. The smallest absolute Gasteiger partial charge is 0.331 e. The zero-order chi connectivity index (χ0) is 10.4. The third kappa shape index (κ3) is 5.57. The van der Waals surface area contributed by atoms with Gasteiger partial charge in [-0.05, 0) is 12.0 Å². The molecule has 3 heteroatoms. The van der Waals surface area contributed by atoms with Crippen molar-refractivity contribution >= 4 is 41.6 Å². The Morgan fingerprint density at radius 2 is 1.93 bits per heavy atom. The molecule has 0 amide bonds. The Kier molecular flexibility index (Phi) is 7.05. The van der Waals surface area contributed by atoms with Crippen LogP contribution in [0, 0.1) is 0 Å². The molecule has 1 rings (SSSR count). The van der Waals surface area contributed by atoms with E-state index in [2.05, 4.69) is 6.58 Å². The number of hydrogen-bond acceptors (Lipinski definition) is 1. The summed E-state index contributed by atoms with van der Waals surface area (Å²) in [6, 6.07) is 9.73. The molecular weight excluding hydrogens is 199 g/mol. The Balaban J connectivity index is 0.00000196. The predicted octanol–water partition coefficient (Wildman–Crippen LogP) is 2.35. The van der Waals surface area contributed by atoms with Crippen molar-refractivity contribution < 1.29 is 9.90 Å². The number of carboxylic acids is 1. The quantitative estimate of drug-likeness (QED) is 0.613. The minimum Gasteiger partial charge on any atom is -0.478 e. The summed E-state index contributed by atoms with van der Waals surface area (Å²) in [5.74, 6) is -0.942. The standard InChI is InChI=1S/C12H12O2.Na/c1-10(12(13)14)6-5-9-11-7-3-2-4-8-11;/h2-5,7-9H,1,6H2,(H,13,14);. The van der Waals surface area contributed by atoms with E-state index in [9.17, 15) is 4.79 Å². The molecule has 0 atom stereocenters. The van der Waals surface area contributed by atoms with E-state index in [0.717, 1.165) is 5.56 Å². The molecule has 1 aromatic carbocycles. The third-order valence-corrected chi connectivity index (χ3v) is 1.78. The van der Waals surface area contributed by atoms with Crippen LogP contribution in [0.2, 0.25) is 0 Å². The first-order chi connectivity index (χ1) is 6.70. The van der Waals surface area contributed by atoms with Crippen molar-refractivity contribution in [3.05, 3.63) is 54.1 Å².